The van der Waals surface area contributed by atoms with E-state index >= 15 is 0 Å². The topological polar surface area (TPSA) is 21.3 Å². The Morgan fingerprint density at radius 2 is 2.11 bits per heavy atom. The molecule has 0 aromatic heterocycles. The number of nitrogens with one attached hydrogen (secondary N) is 1. The van der Waals surface area contributed by atoms with Crippen molar-refractivity contribution in [2.24, 2.45) is 5.92 Å². The predicted octanol–water partition coefficient (Wildman–Crippen LogP) is 4.34. The van der Waals surface area contributed by atoms with Crippen molar-refractivity contribution in [3.8, 4) is 5.75 Å². The van der Waals surface area contributed by atoms with Crippen molar-refractivity contribution in [1.82, 2.24) is 5.32 Å². The van der Waals surface area contributed by atoms with Crippen LogP contribution in [0, 0.1) is 5.92 Å². The number of benzene rings is 1. The normalized spacial score (nSPS) is 18.3. The molecule has 3 heteroatoms. The standard InChI is InChI=1S/C16H24BrNO/c1-3-12(2)14-4-5-16(15(17)10-14)19-11-13-6-8-18-9-7-13/h4-5,10,12-13,18H,3,6-9,11H2,1-2H3/t12-/m0/s1. The number of rotatable bonds is 5. The first-order valence-electron chi connectivity index (χ1n) is 7.33. The van der Waals surface area contributed by atoms with Gasteiger partial charge in [-0.1, -0.05) is 19.9 Å². The van der Waals surface area contributed by atoms with E-state index in [9.17, 15) is 0 Å². The van der Waals surface area contributed by atoms with Crippen LogP contribution in [-0.4, -0.2) is 19.7 Å². The SMILES string of the molecule is CC[C@H](C)c1ccc(OCC2CCNCC2)c(Br)c1. The van der Waals surface area contributed by atoms with Gasteiger partial charge in [0.15, 0.2) is 0 Å². The fraction of sp³-hybridized carbons (Fsp3) is 0.625. The third-order valence-electron chi connectivity index (χ3n) is 4.07. The maximum absolute atomic E-state index is 5.97. The average molecular weight is 326 g/mol. The minimum atomic E-state index is 0.606. The van der Waals surface area contributed by atoms with Crippen LogP contribution in [0.3, 0.4) is 0 Å². The third kappa shape index (κ3) is 4.22. The summed E-state index contributed by atoms with van der Waals surface area (Å²) < 4.78 is 7.05. The number of hydrogen-bond acceptors (Lipinski definition) is 2. The molecule has 1 N–H and O–H groups in total. The van der Waals surface area contributed by atoms with Gasteiger partial charge in [0.2, 0.25) is 0 Å². The van der Waals surface area contributed by atoms with Crippen molar-refractivity contribution < 1.29 is 4.74 Å². The molecule has 0 aliphatic carbocycles. The lowest BCUT2D eigenvalue weighted by atomic mass is 9.98. The predicted molar refractivity (Wildman–Crippen MR) is 83.9 cm³/mol. The molecule has 2 rings (SSSR count). The average Bonchev–Trinajstić information content (AvgIpc) is 2.46. The maximum Gasteiger partial charge on any atom is 0.133 e. The highest BCUT2D eigenvalue weighted by molar-refractivity contribution is 9.10. The molecule has 1 aromatic rings. The van der Waals surface area contributed by atoms with Gasteiger partial charge >= 0.3 is 0 Å². The summed E-state index contributed by atoms with van der Waals surface area (Å²) in [5.41, 5.74) is 1.38. The highest BCUT2D eigenvalue weighted by Crippen LogP contribution is 2.30. The highest BCUT2D eigenvalue weighted by atomic mass is 79.9. The second kappa shape index (κ2) is 7.30. The van der Waals surface area contributed by atoms with Gasteiger partial charge < -0.3 is 10.1 Å². The Morgan fingerprint density at radius 3 is 2.74 bits per heavy atom. The maximum atomic E-state index is 5.97. The van der Waals surface area contributed by atoms with E-state index in [1.165, 1.54) is 24.8 Å². The minimum Gasteiger partial charge on any atom is -0.492 e. The van der Waals surface area contributed by atoms with Crippen molar-refractivity contribution in [1.29, 1.82) is 0 Å². The van der Waals surface area contributed by atoms with Crippen LogP contribution in [0.5, 0.6) is 5.75 Å². The van der Waals surface area contributed by atoms with Crippen LogP contribution in [0.2, 0.25) is 0 Å². The fourth-order valence-corrected chi connectivity index (χ4v) is 2.94. The first-order valence-corrected chi connectivity index (χ1v) is 8.13. The van der Waals surface area contributed by atoms with Crippen LogP contribution in [0.25, 0.3) is 0 Å². The number of ether oxygens (including phenoxy) is 1. The monoisotopic (exact) mass is 325 g/mol. The third-order valence-corrected chi connectivity index (χ3v) is 4.69. The number of hydrogen-bond donors (Lipinski definition) is 1. The van der Waals surface area contributed by atoms with E-state index in [-0.39, 0.29) is 0 Å². The molecule has 0 bridgehead atoms. The summed E-state index contributed by atoms with van der Waals surface area (Å²) >= 11 is 3.63. The molecule has 0 spiro atoms. The Kier molecular flexibility index (Phi) is 5.71. The lowest BCUT2D eigenvalue weighted by molar-refractivity contribution is 0.214. The van der Waals surface area contributed by atoms with Crippen molar-refractivity contribution in [3.05, 3.63) is 28.2 Å². The smallest absolute Gasteiger partial charge is 0.133 e. The Balaban J connectivity index is 1.93. The van der Waals surface area contributed by atoms with Gasteiger partial charge in [0.1, 0.15) is 5.75 Å². The number of halogens is 1. The van der Waals surface area contributed by atoms with E-state index in [1.54, 1.807) is 0 Å². The van der Waals surface area contributed by atoms with Gasteiger partial charge in [-0.05, 0) is 77.8 Å². The fourth-order valence-electron chi connectivity index (χ4n) is 2.43. The molecule has 106 valence electrons. The van der Waals surface area contributed by atoms with Crippen LogP contribution < -0.4 is 10.1 Å². The summed E-state index contributed by atoms with van der Waals surface area (Å²) in [7, 11) is 0. The quantitative estimate of drug-likeness (QED) is 0.869. The molecule has 1 fully saturated rings. The largest absolute Gasteiger partial charge is 0.492 e. The van der Waals surface area contributed by atoms with Gasteiger partial charge in [0, 0.05) is 0 Å². The molecule has 0 amide bonds. The summed E-state index contributed by atoms with van der Waals surface area (Å²) in [5, 5.41) is 3.39. The Hall–Kier alpha value is -0.540. The molecule has 1 aliphatic rings. The lowest BCUT2D eigenvalue weighted by Crippen LogP contribution is -2.30. The first-order chi connectivity index (χ1) is 9.20. The zero-order chi connectivity index (χ0) is 13.7. The molecular weight excluding hydrogens is 302 g/mol. The molecule has 0 saturated carbocycles. The molecule has 0 radical (unpaired) electrons. The van der Waals surface area contributed by atoms with Crippen LogP contribution in [0.15, 0.2) is 22.7 Å². The summed E-state index contributed by atoms with van der Waals surface area (Å²) in [6.45, 7) is 7.57. The van der Waals surface area contributed by atoms with E-state index in [2.05, 4.69) is 53.3 Å². The van der Waals surface area contributed by atoms with Crippen LogP contribution in [0.4, 0.5) is 0 Å². The van der Waals surface area contributed by atoms with Crippen molar-refractivity contribution in [2.75, 3.05) is 19.7 Å². The van der Waals surface area contributed by atoms with E-state index in [0.717, 1.165) is 29.9 Å². The highest BCUT2D eigenvalue weighted by Gasteiger charge is 2.14. The minimum absolute atomic E-state index is 0.606. The van der Waals surface area contributed by atoms with Crippen LogP contribution in [-0.2, 0) is 0 Å². The van der Waals surface area contributed by atoms with Gasteiger partial charge in [-0.25, -0.2) is 0 Å². The van der Waals surface area contributed by atoms with Gasteiger partial charge in [-0.15, -0.1) is 0 Å². The number of piperidine rings is 1. The summed E-state index contributed by atoms with van der Waals surface area (Å²) in [4.78, 5) is 0. The molecule has 2 nitrogen and oxygen atoms in total. The molecule has 1 saturated heterocycles. The molecular formula is C16H24BrNO. The second-order valence-electron chi connectivity index (χ2n) is 5.50. The first kappa shape index (κ1) is 14.9. The van der Waals surface area contributed by atoms with E-state index in [4.69, 9.17) is 4.74 Å². The molecule has 1 aromatic carbocycles. The van der Waals surface area contributed by atoms with E-state index in [1.807, 2.05) is 0 Å². The molecule has 1 aliphatic heterocycles. The molecule has 1 atom stereocenters. The molecule has 1 heterocycles. The Bertz CT molecular complexity index is 402. The zero-order valence-electron chi connectivity index (χ0n) is 11.9. The van der Waals surface area contributed by atoms with Gasteiger partial charge in [-0.3, -0.25) is 0 Å². The molecule has 0 unspecified atom stereocenters. The van der Waals surface area contributed by atoms with Crippen molar-refractivity contribution in [3.63, 3.8) is 0 Å². The van der Waals surface area contributed by atoms with Gasteiger partial charge in [0.05, 0.1) is 11.1 Å². The van der Waals surface area contributed by atoms with Crippen LogP contribution >= 0.6 is 15.9 Å². The molecule has 19 heavy (non-hydrogen) atoms. The van der Waals surface area contributed by atoms with Gasteiger partial charge in [0.25, 0.3) is 0 Å². The van der Waals surface area contributed by atoms with E-state index in [0.29, 0.717) is 11.8 Å². The summed E-state index contributed by atoms with van der Waals surface area (Å²) in [6.07, 6.45) is 3.62. The van der Waals surface area contributed by atoms with Crippen molar-refractivity contribution in [2.45, 2.75) is 39.0 Å². The second-order valence-corrected chi connectivity index (χ2v) is 6.36. The summed E-state index contributed by atoms with van der Waals surface area (Å²) in [6, 6.07) is 6.50. The van der Waals surface area contributed by atoms with E-state index < -0.39 is 0 Å². The van der Waals surface area contributed by atoms with Gasteiger partial charge in [-0.2, -0.15) is 0 Å². The Morgan fingerprint density at radius 1 is 1.37 bits per heavy atom. The van der Waals surface area contributed by atoms with Crippen molar-refractivity contribution >= 4 is 15.9 Å². The Labute approximate surface area is 125 Å². The van der Waals surface area contributed by atoms with Crippen LogP contribution in [0.1, 0.15) is 44.6 Å². The zero-order valence-corrected chi connectivity index (χ0v) is 13.5. The lowest BCUT2D eigenvalue weighted by Gasteiger charge is -2.23. The summed E-state index contributed by atoms with van der Waals surface area (Å²) in [5.74, 6) is 2.28.